The number of amides is 1. The van der Waals surface area contributed by atoms with Crippen LogP contribution in [0.1, 0.15) is 12.5 Å². The molecule has 0 atom stereocenters. The topological polar surface area (TPSA) is 57.8 Å². The summed E-state index contributed by atoms with van der Waals surface area (Å²) in [6, 6.07) is 3.00. The van der Waals surface area contributed by atoms with E-state index in [-0.39, 0.29) is 5.91 Å². The Morgan fingerprint density at radius 2 is 2.39 bits per heavy atom. The van der Waals surface area contributed by atoms with E-state index < -0.39 is 5.95 Å². The molecule has 0 unspecified atom stereocenters. The van der Waals surface area contributed by atoms with Gasteiger partial charge in [0, 0.05) is 18.1 Å². The van der Waals surface area contributed by atoms with Crippen molar-refractivity contribution in [2.45, 2.75) is 13.3 Å². The number of nitrogens with zero attached hydrogens (tertiary/aromatic N) is 1. The van der Waals surface area contributed by atoms with E-state index >= 15 is 0 Å². The second kappa shape index (κ2) is 5.32. The second-order valence-corrected chi connectivity index (χ2v) is 3.72. The number of rotatable bonds is 3. The molecule has 0 aliphatic rings. The number of H-pyrrole nitrogens is 1. The number of halogens is 1. The van der Waals surface area contributed by atoms with Crippen molar-refractivity contribution in [1.29, 1.82) is 0 Å². The fourth-order valence-electron chi connectivity index (χ4n) is 1.71. The molecule has 5 heteroatoms. The highest BCUT2D eigenvalue weighted by atomic mass is 19.1. The van der Waals surface area contributed by atoms with Gasteiger partial charge in [-0.15, -0.1) is 0 Å². The third-order valence-electron chi connectivity index (χ3n) is 2.51. The predicted molar refractivity (Wildman–Crippen MR) is 66.2 cm³/mol. The van der Waals surface area contributed by atoms with Crippen LogP contribution in [-0.2, 0) is 11.2 Å². The number of fused-ring (bicyclic) bond motifs is 1. The van der Waals surface area contributed by atoms with Crippen LogP contribution in [0.4, 0.5) is 4.39 Å². The first kappa shape index (κ1) is 12.1. The van der Waals surface area contributed by atoms with E-state index in [9.17, 15) is 9.18 Å². The van der Waals surface area contributed by atoms with E-state index in [0.29, 0.717) is 18.6 Å². The second-order valence-electron chi connectivity index (χ2n) is 3.72. The molecule has 0 aliphatic heterocycles. The lowest BCUT2D eigenvalue weighted by Crippen LogP contribution is -2.23. The lowest BCUT2D eigenvalue weighted by Gasteiger charge is -2.00. The van der Waals surface area contributed by atoms with Gasteiger partial charge in [0.2, 0.25) is 5.95 Å². The monoisotopic (exact) mass is 245 g/mol. The van der Waals surface area contributed by atoms with Crippen LogP contribution in [0.15, 0.2) is 18.3 Å². The maximum Gasteiger partial charge on any atom is 0.295 e. The van der Waals surface area contributed by atoms with Crippen molar-refractivity contribution >= 4 is 16.9 Å². The minimum absolute atomic E-state index is 0.290. The average molecular weight is 245 g/mol. The number of aromatic amines is 1. The molecule has 0 radical (unpaired) electrons. The third kappa shape index (κ3) is 2.66. The van der Waals surface area contributed by atoms with E-state index in [1.807, 2.05) is 0 Å². The summed E-state index contributed by atoms with van der Waals surface area (Å²) in [6.07, 6.45) is 2.42. The van der Waals surface area contributed by atoms with Gasteiger partial charge in [-0.1, -0.05) is 5.92 Å². The molecule has 0 fully saturated rings. The van der Waals surface area contributed by atoms with Crippen molar-refractivity contribution in [3.05, 3.63) is 29.8 Å². The molecule has 18 heavy (non-hydrogen) atoms. The fourth-order valence-corrected chi connectivity index (χ4v) is 1.71. The zero-order chi connectivity index (χ0) is 13.0. The summed E-state index contributed by atoms with van der Waals surface area (Å²) in [7, 11) is 0. The standard InChI is InChI=1S/C13H12FN3O/c1-2-3-12(18)15-7-6-9-8-16-13-10(9)4-5-11(14)17-13/h4-5,8H,6-7H2,1H3,(H,15,18)(H,16,17). The van der Waals surface area contributed by atoms with Crippen molar-refractivity contribution in [1.82, 2.24) is 15.3 Å². The van der Waals surface area contributed by atoms with Gasteiger partial charge in [0.05, 0.1) is 0 Å². The van der Waals surface area contributed by atoms with Crippen molar-refractivity contribution in [2.75, 3.05) is 6.54 Å². The molecule has 0 aromatic carbocycles. The molecule has 0 bridgehead atoms. The smallest absolute Gasteiger partial charge is 0.295 e. The van der Waals surface area contributed by atoms with Crippen LogP contribution in [0.5, 0.6) is 0 Å². The highest BCUT2D eigenvalue weighted by Crippen LogP contribution is 2.16. The summed E-state index contributed by atoms with van der Waals surface area (Å²) >= 11 is 0. The maximum absolute atomic E-state index is 12.9. The molecular weight excluding hydrogens is 233 g/mol. The van der Waals surface area contributed by atoms with Crippen LogP contribution in [0.2, 0.25) is 0 Å². The van der Waals surface area contributed by atoms with Gasteiger partial charge in [-0.3, -0.25) is 4.79 Å². The largest absolute Gasteiger partial charge is 0.346 e. The highest BCUT2D eigenvalue weighted by Gasteiger charge is 2.05. The number of carbonyl (C=O) groups excluding carboxylic acids is 1. The normalized spacial score (nSPS) is 9.89. The number of pyridine rings is 1. The molecule has 2 N–H and O–H groups in total. The van der Waals surface area contributed by atoms with E-state index in [1.165, 1.54) is 6.07 Å². The van der Waals surface area contributed by atoms with Crippen LogP contribution in [0.3, 0.4) is 0 Å². The van der Waals surface area contributed by atoms with Crippen molar-refractivity contribution < 1.29 is 9.18 Å². The highest BCUT2D eigenvalue weighted by molar-refractivity contribution is 5.93. The summed E-state index contributed by atoms with van der Waals surface area (Å²) in [5.74, 6) is 4.13. The van der Waals surface area contributed by atoms with Crippen molar-refractivity contribution in [3.63, 3.8) is 0 Å². The molecule has 2 aromatic rings. The van der Waals surface area contributed by atoms with Crippen molar-refractivity contribution in [2.24, 2.45) is 0 Å². The Labute approximate surface area is 104 Å². The molecule has 4 nitrogen and oxygen atoms in total. The summed E-state index contributed by atoms with van der Waals surface area (Å²) in [4.78, 5) is 17.8. The van der Waals surface area contributed by atoms with E-state index in [1.54, 1.807) is 19.2 Å². The number of carbonyl (C=O) groups is 1. The van der Waals surface area contributed by atoms with Gasteiger partial charge in [0.15, 0.2) is 0 Å². The molecule has 2 aromatic heterocycles. The molecule has 0 aliphatic carbocycles. The molecule has 0 saturated carbocycles. The van der Waals surface area contributed by atoms with E-state index in [2.05, 4.69) is 27.1 Å². The first-order valence-corrected chi connectivity index (χ1v) is 5.54. The molecule has 2 heterocycles. The molecule has 0 spiro atoms. The fraction of sp³-hybridized carbons (Fsp3) is 0.231. The quantitative estimate of drug-likeness (QED) is 0.634. The Hall–Kier alpha value is -2.35. The lowest BCUT2D eigenvalue weighted by molar-refractivity contribution is -0.115. The van der Waals surface area contributed by atoms with Crippen LogP contribution in [0, 0.1) is 17.8 Å². The minimum atomic E-state index is -0.512. The third-order valence-corrected chi connectivity index (χ3v) is 2.51. The van der Waals surface area contributed by atoms with Gasteiger partial charge >= 0.3 is 0 Å². The first-order chi connectivity index (χ1) is 8.70. The zero-order valence-electron chi connectivity index (χ0n) is 9.88. The van der Waals surface area contributed by atoms with Gasteiger partial charge in [0.1, 0.15) is 5.65 Å². The Morgan fingerprint density at radius 1 is 1.56 bits per heavy atom. The van der Waals surface area contributed by atoms with Crippen molar-refractivity contribution in [3.8, 4) is 11.8 Å². The molecule has 0 saturated heterocycles. The van der Waals surface area contributed by atoms with Crippen LogP contribution < -0.4 is 5.32 Å². The zero-order valence-corrected chi connectivity index (χ0v) is 9.88. The van der Waals surface area contributed by atoms with Gasteiger partial charge < -0.3 is 10.3 Å². The van der Waals surface area contributed by atoms with E-state index in [4.69, 9.17) is 0 Å². The SMILES string of the molecule is CC#CC(=O)NCCc1c[nH]c2nc(F)ccc12. The number of nitrogens with one attached hydrogen (secondary N) is 2. The van der Waals surface area contributed by atoms with Gasteiger partial charge in [-0.2, -0.15) is 4.39 Å². The van der Waals surface area contributed by atoms with E-state index in [0.717, 1.165) is 10.9 Å². The molecule has 2 rings (SSSR count). The van der Waals surface area contributed by atoms with Crippen LogP contribution in [0.25, 0.3) is 11.0 Å². The Kier molecular flexibility index (Phi) is 3.58. The molecular formula is C13H12FN3O. The minimum Gasteiger partial charge on any atom is -0.346 e. The summed E-state index contributed by atoms with van der Waals surface area (Å²) in [6.45, 7) is 2.09. The van der Waals surface area contributed by atoms with Crippen LogP contribution in [-0.4, -0.2) is 22.4 Å². The Morgan fingerprint density at radius 3 is 3.17 bits per heavy atom. The molecule has 1 amide bonds. The average Bonchev–Trinajstić information content (AvgIpc) is 2.72. The van der Waals surface area contributed by atoms with Gasteiger partial charge in [-0.25, -0.2) is 4.98 Å². The Bertz CT molecular complexity index is 636. The summed E-state index contributed by atoms with van der Waals surface area (Å²) < 4.78 is 12.9. The van der Waals surface area contributed by atoms with Gasteiger partial charge in [-0.05, 0) is 37.0 Å². The molecule has 92 valence electrons. The number of hydrogen-bond donors (Lipinski definition) is 2. The summed E-state index contributed by atoms with van der Waals surface area (Å²) in [5, 5.41) is 3.54. The Balaban J connectivity index is 2.03. The maximum atomic E-state index is 12.9. The van der Waals surface area contributed by atoms with Gasteiger partial charge in [0.25, 0.3) is 5.91 Å². The number of aromatic nitrogens is 2. The van der Waals surface area contributed by atoms with Crippen LogP contribution >= 0.6 is 0 Å². The summed E-state index contributed by atoms with van der Waals surface area (Å²) in [5.41, 5.74) is 1.51. The predicted octanol–water partition coefficient (Wildman–Crippen LogP) is 1.38. The number of hydrogen-bond acceptors (Lipinski definition) is 2. The first-order valence-electron chi connectivity index (χ1n) is 5.54. The lowest BCUT2D eigenvalue weighted by atomic mass is 10.1.